The fourth-order valence-electron chi connectivity index (χ4n) is 1.72. The highest BCUT2D eigenvalue weighted by Crippen LogP contribution is 2.23. The van der Waals surface area contributed by atoms with Crippen LogP contribution >= 0.6 is 0 Å². The molecule has 0 saturated carbocycles. The molecule has 68 valence electrons. The van der Waals surface area contributed by atoms with E-state index in [0.29, 0.717) is 6.61 Å². The van der Waals surface area contributed by atoms with Crippen molar-refractivity contribution in [3.05, 3.63) is 0 Å². The van der Waals surface area contributed by atoms with Crippen LogP contribution in [-0.2, 0) is 4.74 Å². The van der Waals surface area contributed by atoms with Gasteiger partial charge in [0.15, 0.2) is 0 Å². The Morgan fingerprint density at radius 3 is 2.83 bits per heavy atom. The third kappa shape index (κ3) is 1.06. The van der Waals surface area contributed by atoms with Crippen LogP contribution < -0.4 is 5.32 Å². The van der Waals surface area contributed by atoms with E-state index in [-0.39, 0.29) is 11.6 Å². The molecule has 2 aliphatic rings. The second kappa shape index (κ2) is 2.62. The van der Waals surface area contributed by atoms with Crippen LogP contribution in [0.2, 0.25) is 0 Å². The van der Waals surface area contributed by atoms with Crippen LogP contribution in [0.25, 0.3) is 0 Å². The summed E-state index contributed by atoms with van der Waals surface area (Å²) in [6, 6.07) is 0. The molecule has 2 fully saturated rings. The molecule has 0 radical (unpaired) electrons. The number of amides is 1. The van der Waals surface area contributed by atoms with Crippen molar-refractivity contribution in [3.63, 3.8) is 0 Å². The predicted octanol–water partition coefficient (Wildman–Crippen LogP) is 0.191. The topological polar surface area (TPSA) is 41.6 Å². The van der Waals surface area contributed by atoms with Gasteiger partial charge in [-0.15, -0.1) is 0 Å². The van der Waals surface area contributed by atoms with Gasteiger partial charge in [0.1, 0.15) is 0 Å². The van der Waals surface area contributed by atoms with Gasteiger partial charge in [-0.1, -0.05) is 0 Å². The molecule has 2 saturated heterocycles. The zero-order valence-electron chi connectivity index (χ0n) is 7.30. The molecule has 4 heteroatoms. The van der Waals surface area contributed by atoms with Gasteiger partial charge in [-0.25, -0.2) is 4.79 Å². The molecule has 0 aromatic rings. The number of ether oxygens (including phenoxy) is 1. The van der Waals surface area contributed by atoms with Gasteiger partial charge in [-0.2, -0.15) is 0 Å². The Bertz CT molecular complexity index is 201. The van der Waals surface area contributed by atoms with Gasteiger partial charge in [-0.05, 0) is 13.3 Å². The van der Waals surface area contributed by atoms with E-state index in [1.807, 2.05) is 4.90 Å². The average molecular weight is 170 g/mol. The molecule has 0 aliphatic carbocycles. The molecule has 0 bridgehead atoms. The Labute approximate surface area is 71.9 Å². The first-order chi connectivity index (χ1) is 5.72. The van der Waals surface area contributed by atoms with Crippen molar-refractivity contribution in [1.29, 1.82) is 0 Å². The number of hydrogen-bond acceptors (Lipinski definition) is 3. The first-order valence-corrected chi connectivity index (χ1v) is 4.37. The Balaban J connectivity index is 2.05. The molecule has 0 atom stereocenters. The first kappa shape index (κ1) is 7.86. The van der Waals surface area contributed by atoms with Crippen LogP contribution in [0.4, 0.5) is 4.79 Å². The maximum absolute atomic E-state index is 11.3. The van der Waals surface area contributed by atoms with Gasteiger partial charge >= 0.3 is 6.09 Å². The number of nitrogens with one attached hydrogen (secondary N) is 1. The third-order valence-corrected chi connectivity index (χ3v) is 2.64. The fourth-order valence-corrected chi connectivity index (χ4v) is 1.72. The van der Waals surface area contributed by atoms with Crippen LogP contribution in [0.3, 0.4) is 0 Å². The Morgan fingerprint density at radius 2 is 2.33 bits per heavy atom. The van der Waals surface area contributed by atoms with Crippen LogP contribution in [0.5, 0.6) is 0 Å². The van der Waals surface area contributed by atoms with Crippen LogP contribution in [-0.4, -0.2) is 42.8 Å². The average Bonchev–Trinajstić information content (AvgIpc) is 2.01. The van der Waals surface area contributed by atoms with E-state index in [1.54, 1.807) is 0 Å². The molecular formula is C8H14N2O2. The van der Waals surface area contributed by atoms with E-state index in [2.05, 4.69) is 12.2 Å². The lowest BCUT2D eigenvalue weighted by atomic mass is 9.92. The van der Waals surface area contributed by atoms with Crippen molar-refractivity contribution in [2.75, 3.05) is 26.2 Å². The highest BCUT2D eigenvalue weighted by atomic mass is 16.6. The van der Waals surface area contributed by atoms with Crippen LogP contribution in [0, 0.1) is 0 Å². The summed E-state index contributed by atoms with van der Waals surface area (Å²) in [7, 11) is 0. The number of hydrogen-bond donors (Lipinski definition) is 1. The van der Waals surface area contributed by atoms with Gasteiger partial charge in [0.25, 0.3) is 0 Å². The molecule has 1 N–H and O–H groups in total. The van der Waals surface area contributed by atoms with Crippen molar-refractivity contribution < 1.29 is 9.53 Å². The second-order valence-corrected chi connectivity index (χ2v) is 3.72. The third-order valence-electron chi connectivity index (χ3n) is 2.64. The van der Waals surface area contributed by atoms with E-state index in [9.17, 15) is 4.79 Å². The molecule has 4 nitrogen and oxygen atoms in total. The lowest BCUT2D eigenvalue weighted by Crippen LogP contribution is -2.69. The van der Waals surface area contributed by atoms with Gasteiger partial charge in [0.05, 0.1) is 12.1 Å². The zero-order chi connectivity index (χ0) is 8.60. The second-order valence-electron chi connectivity index (χ2n) is 3.72. The largest absolute Gasteiger partial charge is 0.449 e. The van der Waals surface area contributed by atoms with E-state index in [0.717, 1.165) is 26.1 Å². The molecule has 0 aromatic heterocycles. The standard InChI is InChI=1S/C8H14N2O2/c1-8(5-9-6-8)10-3-2-4-12-7(10)11/h9H,2-6H2,1H3. The fraction of sp³-hybridized carbons (Fsp3) is 0.875. The lowest BCUT2D eigenvalue weighted by Gasteiger charge is -2.48. The summed E-state index contributed by atoms with van der Waals surface area (Å²) in [6.45, 7) is 5.30. The molecule has 2 heterocycles. The molecule has 0 spiro atoms. The highest BCUT2D eigenvalue weighted by Gasteiger charge is 2.42. The maximum Gasteiger partial charge on any atom is 0.410 e. The van der Waals surface area contributed by atoms with Gasteiger partial charge < -0.3 is 15.0 Å². The number of nitrogens with zero attached hydrogens (tertiary/aromatic N) is 1. The first-order valence-electron chi connectivity index (χ1n) is 4.37. The highest BCUT2D eigenvalue weighted by molar-refractivity contribution is 5.69. The summed E-state index contributed by atoms with van der Waals surface area (Å²) in [5.74, 6) is 0. The number of cyclic esters (lactones) is 1. The molecule has 0 unspecified atom stereocenters. The molecule has 2 rings (SSSR count). The smallest absolute Gasteiger partial charge is 0.410 e. The van der Waals surface area contributed by atoms with Crippen molar-refractivity contribution in [1.82, 2.24) is 10.2 Å². The molecule has 0 aromatic carbocycles. The maximum atomic E-state index is 11.3. The van der Waals surface area contributed by atoms with Crippen LogP contribution in [0.15, 0.2) is 0 Å². The van der Waals surface area contributed by atoms with E-state index in [4.69, 9.17) is 4.74 Å². The van der Waals surface area contributed by atoms with Gasteiger partial charge in [0.2, 0.25) is 0 Å². The van der Waals surface area contributed by atoms with E-state index in [1.165, 1.54) is 0 Å². The van der Waals surface area contributed by atoms with Gasteiger partial charge in [0, 0.05) is 19.6 Å². The molecular weight excluding hydrogens is 156 g/mol. The SMILES string of the molecule is CC1(N2CCCOC2=O)CNC1. The number of carbonyl (C=O) groups is 1. The predicted molar refractivity (Wildman–Crippen MR) is 43.9 cm³/mol. The summed E-state index contributed by atoms with van der Waals surface area (Å²) >= 11 is 0. The molecule has 2 aliphatic heterocycles. The monoisotopic (exact) mass is 170 g/mol. The minimum absolute atomic E-state index is 0.0114. The van der Waals surface area contributed by atoms with E-state index >= 15 is 0 Å². The normalized spacial score (nSPS) is 27.8. The van der Waals surface area contributed by atoms with Crippen molar-refractivity contribution in [3.8, 4) is 0 Å². The minimum Gasteiger partial charge on any atom is -0.449 e. The van der Waals surface area contributed by atoms with Crippen molar-refractivity contribution in [2.24, 2.45) is 0 Å². The number of carbonyl (C=O) groups excluding carboxylic acids is 1. The Morgan fingerprint density at radius 1 is 1.58 bits per heavy atom. The Hall–Kier alpha value is -0.770. The molecule has 12 heavy (non-hydrogen) atoms. The van der Waals surface area contributed by atoms with Crippen LogP contribution in [0.1, 0.15) is 13.3 Å². The number of rotatable bonds is 1. The van der Waals surface area contributed by atoms with Crippen molar-refractivity contribution in [2.45, 2.75) is 18.9 Å². The molecule has 1 amide bonds. The summed E-state index contributed by atoms with van der Waals surface area (Å²) in [4.78, 5) is 13.1. The van der Waals surface area contributed by atoms with Gasteiger partial charge in [-0.3, -0.25) is 0 Å². The summed E-state index contributed by atoms with van der Waals surface area (Å²) < 4.78 is 4.97. The van der Waals surface area contributed by atoms with Crippen molar-refractivity contribution >= 4 is 6.09 Å². The minimum atomic E-state index is -0.148. The quantitative estimate of drug-likeness (QED) is 0.611. The summed E-state index contributed by atoms with van der Waals surface area (Å²) in [5.41, 5.74) is 0.0114. The lowest BCUT2D eigenvalue weighted by molar-refractivity contribution is 0.00484. The summed E-state index contributed by atoms with van der Waals surface area (Å²) in [5, 5.41) is 3.17. The van der Waals surface area contributed by atoms with E-state index < -0.39 is 0 Å². The Kier molecular flexibility index (Phi) is 1.72. The zero-order valence-corrected chi connectivity index (χ0v) is 7.30. The summed E-state index contributed by atoms with van der Waals surface area (Å²) in [6.07, 6.45) is 0.812.